The van der Waals surface area contributed by atoms with E-state index in [0.29, 0.717) is 5.92 Å². The van der Waals surface area contributed by atoms with Crippen LogP contribution in [-0.2, 0) is 16.0 Å². The highest BCUT2D eigenvalue weighted by Gasteiger charge is 2.31. The number of benzene rings is 1. The SMILES string of the molecule is C[C@H](N[C@H](/C=C/C(=O)N1CCc2ccccc21)C1CC1)C(N)=O. The van der Waals surface area contributed by atoms with Gasteiger partial charge in [-0.3, -0.25) is 14.9 Å². The average Bonchev–Trinajstić information content (AvgIpc) is 3.29. The number of fused-ring (bicyclic) bond motifs is 1. The van der Waals surface area contributed by atoms with Gasteiger partial charge < -0.3 is 10.6 Å². The highest BCUT2D eigenvalue weighted by atomic mass is 16.2. The topological polar surface area (TPSA) is 75.4 Å². The molecule has 2 atom stereocenters. The van der Waals surface area contributed by atoms with Crippen molar-refractivity contribution in [2.24, 2.45) is 11.7 Å². The molecule has 2 aliphatic rings. The van der Waals surface area contributed by atoms with Gasteiger partial charge in [0.2, 0.25) is 5.91 Å². The number of rotatable bonds is 6. The van der Waals surface area contributed by atoms with Gasteiger partial charge in [0.15, 0.2) is 0 Å². The van der Waals surface area contributed by atoms with E-state index in [1.54, 1.807) is 13.0 Å². The van der Waals surface area contributed by atoms with Gasteiger partial charge in [0.1, 0.15) is 0 Å². The molecule has 1 fully saturated rings. The van der Waals surface area contributed by atoms with Crippen molar-refractivity contribution in [1.29, 1.82) is 0 Å². The van der Waals surface area contributed by atoms with Gasteiger partial charge >= 0.3 is 0 Å². The molecule has 0 spiro atoms. The number of nitrogens with two attached hydrogens (primary N) is 1. The first kappa shape index (κ1) is 15.7. The van der Waals surface area contributed by atoms with E-state index in [1.807, 2.05) is 29.2 Å². The van der Waals surface area contributed by atoms with Crippen molar-refractivity contribution in [2.45, 2.75) is 38.3 Å². The summed E-state index contributed by atoms with van der Waals surface area (Å²) in [6.45, 7) is 2.48. The summed E-state index contributed by atoms with van der Waals surface area (Å²) < 4.78 is 0. The van der Waals surface area contributed by atoms with E-state index in [0.717, 1.165) is 31.5 Å². The summed E-state index contributed by atoms with van der Waals surface area (Å²) in [4.78, 5) is 25.5. The second-order valence-electron chi connectivity index (χ2n) is 6.38. The van der Waals surface area contributed by atoms with Crippen molar-refractivity contribution in [1.82, 2.24) is 5.32 Å². The standard InChI is InChI=1S/C18H23N3O2/c1-12(18(19)23)20-15(13-6-7-13)8-9-17(22)21-11-10-14-4-2-3-5-16(14)21/h2-5,8-9,12-13,15,20H,6-7,10-11H2,1H3,(H2,19,23)/b9-8+/t12-,15+/m0/s1. The Bertz CT molecular complexity index is 637. The number of para-hydroxylation sites is 1. The highest BCUT2D eigenvalue weighted by Crippen LogP contribution is 2.33. The first-order chi connectivity index (χ1) is 11.1. The second-order valence-corrected chi connectivity index (χ2v) is 6.38. The van der Waals surface area contributed by atoms with Gasteiger partial charge in [-0.1, -0.05) is 24.3 Å². The summed E-state index contributed by atoms with van der Waals surface area (Å²) in [5.41, 5.74) is 7.53. The number of anilines is 1. The van der Waals surface area contributed by atoms with Gasteiger partial charge in [-0.25, -0.2) is 0 Å². The minimum atomic E-state index is -0.395. The number of primary amides is 1. The van der Waals surface area contributed by atoms with E-state index in [9.17, 15) is 9.59 Å². The lowest BCUT2D eigenvalue weighted by molar-refractivity contribution is -0.119. The van der Waals surface area contributed by atoms with Gasteiger partial charge in [0, 0.05) is 24.4 Å². The molecular weight excluding hydrogens is 290 g/mol. The Kier molecular flexibility index (Phi) is 4.48. The molecule has 0 radical (unpaired) electrons. The van der Waals surface area contributed by atoms with Gasteiger partial charge in [0.05, 0.1) is 6.04 Å². The van der Waals surface area contributed by atoms with Crippen LogP contribution in [0, 0.1) is 5.92 Å². The number of carbonyl (C=O) groups is 2. The second kappa shape index (κ2) is 6.54. The Morgan fingerprint density at radius 3 is 2.78 bits per heavy atom. The number of nitrogens with one attached hydrogen (secondary N) is 1. The normalized spacial score (nSPS) is 19.6. The fraction of sp³-hybridized carbons (Fsp3) is 0.444. The predicted molar refractivity (Wildman–Crippen MR) is 89.9 cm³/mol. The lowest BCUT2D eigenvalue weighted by atomic mass is 10.1. The third-order valence-electron chi connectivity index (χ3n) is 4.60. The van der Waals surface area contributed by atoms with Crippen LogP contribution in [-0.4, -0.2) is 30.4 Å². The number of amides is 2. The van der Waals surface area contributed by atoms with Crippen LogP contribution >= 0.6 is 0 Å². The Balaban J connectivity index is 1.66. The van der Waals surface area contributed by atoms with Crippen LogP contribution in [0.3, 0.4) is 0 Å². The molecule has 23 heavy (non-hydrogen) atoms. The van der Waals surface area contributed by atoms with E-state index in [4.69, 9.17) is 5.73 Å². The minimum absolute atomic E-state index is 0.00544. The molecule has 0 saturated heterocycles. The van der Waals surface area contributed by atoms with Crippen molar-refractivity contribution in [3.63, 3.8) is 0 Å². The van der Waals surface area contributed by atoms with Gasteiger partial charge in [-0.2, -0.15) is 0 Å². The molecular formula is C18H23N3O2. The lowest BCUT2D eigenvalue weighted by Gasteiger charge is -2.19. The molecule has 2 amide bonds. The van der Waals surface area contributed by atoms with Crippen molar-refractivity contribution < 1.29 is 9.59 Å². The summed E-state index contributed by atoms with van der Waals surface area (Å²) in [6, 6.07) is 7.64. The summed E-state index contributed by atoms with van der Waals surface area (Å²) in [6.07, 6.45) is 6.66. The van der Waals surface area contributed by atoms with Crippen LogP contribution in [0.2, 0.25) is 0 Å². The van der Waals surface area contributed by atoms with Gasteiger partial charge in [0.25, 0.3) is 5.91 Å². The monoisotopic (exact) mass is 313 g/mol. The third-order valence-corrected chi connectivity index (χ3v) is 4.60. The molecule has 0 bridgehead atoms. The number of hydrogen-bond acceptors (Lipinski definition) is 3. The molecule has 1 aromatic rings. The molecule has 1 heterocycles. The molecule has 1 aromatic carbocycles. The summed E-state index contributed by atoms with van der Waals surface area (Å²) in [5.74, 6) is 0.115. The van der Waals surface area contributed by atoms with Gasteiger partial charge in [-0.15, -0.1) is 0 Å². The molecule has 0 aromatic heterocycles. The largest absolute Gasteiger partial charge is 0.368 e. The van der Waals surface area contributed by atoms with Crippen molar-refractivity contribution >= 4 is 17.5 Å². The van der Waals surface area contributed by atoms with E-state index in [-0.39, 0.29) is 17.9 Å². The first-order valence-corrected chi connectivity index (χ1v) is 8.19. The van der Waals surface area contributed by atoms with Crippen LogP contribution in [0.5, 0.6) is 0 Å². The Hall–Kier alpha value is -2.14. The molecule has 1 aliphatic carbocycles. The Morgan fingerprint density at radius 2 is 2.09 bits per heavy atom. The fourth-order valence-electron chi connectivity index (χ4n) is 3.02. The van der Waals surface area contributed by atoms with Crippen LogP contribution in [0.25, 0.3) is 0 Å². The van der Waals surface area contributed by atoms with E-state index < -0.39 is 6.04 Å². The Labute approximate surface area is 136 Å². The molecule has 3 N–H and O–H groups in total. The molecule has 122 valence electrons. The quantitative estimate of drug-likeness (QED) is 0.779. The zero-order valence-electron chi connectivity index (χ0n) is 13.4. The summed E-state index contributed by atoms with van der Waals surface area (Å²) >= 11 is 0. The average molecular weight is 313 g/mol. The molecule has 0 unspecified atom stereocenters. The zero-order valence-corrected chi connectivity index (χ0v) is 13.4. The first-order valence-electron chi connectivity index (χ1n) is 8.19. The summed E-state index contributed by atoms with van der Waals surface area (Å²) in [7, 11) is 0. The van der Waals surface area contributed by atoms with Crippen LogP contribution in [0.1, 0.15) is 25.3 Å². The number of nitrogens with zero attached hydrogens (tertiary/aromatic N) is 1. The maximum absolute atomic E-state index is 12.5. The molecule has 5 heteroatoms. The fourth-order valence-corrected chi connectivity index (χ4v) is 3.02. The van der Waals surface area contributed by atoms with Crippen LogP contribution < -0.4 is 16.0 Å². The highest BCUT2D eigenvalue weighted by molar-refractivity contribution is 6.02. The van der Waals surface area contributed by atoms with Gasteiger partial charge in [-0.05, 0) is 43.7 Å². The van der Waals surface area contributed by atoms with Crippen molar-refractivity contribution in [3.05, 3.63) is 42.0 Å². The number of carbonyl (C=O) groups excluding carboxylic acids is 2. The van der Waals surface area contributed by atoms with Crippen molar-refractivity contribution in [3.8, 4) is 0 Å². The molecule has 1 saturated carbocycles. The smallest absolute Gasteiger partial charge is 0.250 e. The maximum Gasteiger partial charge on any atom is 0.250 e. The lowest BCUT2D eigenvalue weighted by Crippen LogP contribution is -2.44. The number of hydrogen-bond donors (Lipinski definition) is 2. The molecule has 1 aliphatic heterocycles. The summed E-state index contributed by atoms with van der Waals surface area (Å²) in [5, 5.41) is 3.21. The van der Waals surface area contributed by atoms with Crippen LogP contribution in [0.4, 0.5) is 5.69 Å². The van der Waals surface area contributed by atoms with E-state index in [2.05, 4.69) is 11.4 Å². The molecule has 5 nitrogen and oxygen atoms in total. The van der Waals surface area contributed by atoms with E-state index >= 15 is 0 Å². The Morgan fingerprint density at radius 1 is 1.35 bits per heavy atom. The van der Waals surface area contributed by atoms with Crippen molar-refractivity contribution in [2.75, 3.05) is 11.4 Å². The maximum atomic E-state index is 12.5. The minimum Gasteiger partial charge on any atom is -0.368 e. The predicted octanol–water partition coefficient (Wildman–Crippen LogP) is 1.37. The third kappa shape index (κ3) is 3.62. The van der Waals surface area contributed by atoms with Crippen LogP contribution in [0.15, 0.2) is 36.4 Å². The molecule has 3 rings (SSSR count). The zero-order chi connectivity index (χ0) is 16.4. The van der Waals surface area contributed by atoms with E-state index in [1.165, 1.54) is 5.56 Å².